The molecule has 1 fully saturated rings. The van der Waals surface area contributed by atoms with Crippen LogP contribution in [0.15, 0.2) is 16.9 Å². The second-order valence-corrected chi connectivity index (χ2v) is 4.27. The van der Waals surface area contributed by atoms with Gasteiger partial charge in [0.1, 0.15) is 24.4 Å². The number of H-pyrrole nitrogens is 1. The average molecular weight is 265 g/mol. The summed E-state index contributed by atoms with van der Waals surface area (Å²) in [6.07, 6.45) is 2.35. The zero-order valence-corrected chi connectivity index (χ0v) is 10.4. The Labute approximate surface area is 110 Å². The van der Waals surface area contributed by atoms with Crippen molar-refractivity contribution in [1.29, 1.82) is 0 Å². The molecule has 19 heavy (non-hydrogen) atoms. The quantitative estimate of drug-likeness (QED) is 0.620. The smallest absolute Gasteiger partial charge is 0.248 e. The largest absolute Gasteiger partial charge is 0.394 e. The van der Waals surface area contributed by atoms with E-state index in [1.54, 1.807) is 0 Å². The number of aromatic nitrogens is 1. The summed E-state index contributed by atoms with van der Waals surface area (Å²) in [4.78, 5) is 13.8. The summed E-state index contributed by atoms with van der Waals surface area (Å²) in [5.74, 6) is 2.37. The Hall–Kier alpha value is -1.65. The van der Waals surface area contributed by atoms with Crippen molar-refractivity contribution >= 4 is 0 Å². The van der Waals surface area contributed by atoms with Crippen molar-refractivity contribution in [3.05, 3.63) is 33.7 Å². The van der Waals surface area contributed by atoms with Crippen molar-refractivity contribution in [2.45, 2.75) is 24.4 Å². The molecule has 6 heteroatoms. The Kier molecular flexibility index (Phi) is 4.02. The normalized spacial score (nSPS) is 30.2. The topological polar surface area (TPSA) is 91.8 Å². The number of pyridine rings is 1. The highest BCUT2D eigenvalue weighted by Crippen LogP contribution is 2.35. The van der Waals surface area contributed by atoms with E-state index >= 15 is 0 Å². The first kappa shape index (κ1) is 13.8. The molecule has 2 rings (SSSR count). The van der Waals surface area contributed by atoms with Gasteiger partial charge in [0, 0.05) is 18.7 Å². The zero-order valence-electron chi connectivity index (χ0n) is 10.4. The van der Waals surface area contributed by atoms with Gasteiger partial charge in [-0.25, -0.2) is 0 Å². The summed E-state index contributed by atoms with van der Waals surface area (Å²) in [7, 11) is 1.44. The molecule has 1 aliphatic heterocycles. The fourth-order valence-corrected chi connectivity index (χ4v) is 2.24. The van der Waals surface area contributed by atoms with Crippen LogP contribution in [0.3, 0.4) is 0 Å². The number of ether oxygens (including phenoxy) is 2. The van der Waals surface area contributed by atoms with E-state index in [9.17, 15) is 9.90 Å². The van der Waals surface area contributed by atoms with Crippen LogP contribution in [-0.2, 0) is 9.47 Å². The fourth-order valence-electron chi connectivity index (χ4n) is 2.24. The molecule has 0 spiro atoms. The molecule has 0 aromatic carbocycles. The lowest BCUT2D eigenvalue weighted by molar-refractivity contribution is -0.0235. The van der Waals surface area contributed by atoms with E-state index in [1.165, 1.54) is 19.2 Å². The molecular weight excluding hydrogens is 250 g/mol. The van der Waals surface area contributed by atoms with Crippen molar-refractivity contribution in [3.8, 4) is 12.3 Å². The number of aromatic amines is 1. The molecule has 102 valence electrons. The van der Waals surface area contributed by atoms with Gasteiger partial charge in [-0.05, 0) is 6.07 Å². The van der Waals surface area contributed by atoms with Crippen molar-refractivity contribution in [1.82, 2.24) is 4.98 Å². The molecule has 1 aromatic heterocycles. The summed E-state index contributed by atoms with van der Waals surface area (Å²) in [5, 5.41) is 19.1. The van der Waals surface area contributed by atoms with Crippen LogP contribution in [0.25, 0.3) is 0 Å². The summed E-state index contributed by atoms with van der Waals surface area (Å²) in [6, 6.07) is 2.86. The summed E-state index contributed by atoms with van der Waals surface area (Å²) < 4.78 is 10.8. The molecule has 0 aliphatic carbocycles. The van der Waals surface area contributed by atoms with E-state index in [4.69, 9.17) is 21.0 Å². The Morgan fingerprint density at radius 3 is 2.89 bits per heavy atom. The van der Waals surface area contributed by atoms with Gasteiger partial charge in [-0.15, -0.1) is 6.42 Å². The van der Waals surface area contributed by atoms with Crippen LogP contribution in [0, 0.1) is 12.3 Å². The number of rotatable bonds is 3. The van der Waals surface area contributed by atoms with Gasteiger partial charge in [-0.1, -0.05) is 5.92 Å². The average Bonchev–Trinajstić information content (AvgIpc) is 2.74. The molecule has 4 atom stereocenters. The first-order valence-electron chi connectivity index (χ1n) is 5.79. The molecule has 0 amide bonds. The van der Waals surface area contributed by atoms with Crippen LogP contribution in [0.1, 0.15) is 17.4 Å². The van der Waals surface area contributed by atoms with E-state index < -0.39 is 24.4 Å². The summed E-state index contributed by atoms with van der Waals surface area (Å²) >= 11 is 0. The predicted molar refractivity (Wildman–Crippen MR) is 66.5 cm³/mol. The minimum absolute atomic E-state index is 0.283. The zero-order chi connectivity index (χ0) is 14.0. The van der Waals surface area contributed by atoms with E-state index in [0.717, 1.165) is 0 Å². The van der Waals surface area contributed by atoms with E-state index in [-0.39, 0.29) is 17.9 Å². The molecular formula is C13H15NO5. The van der Waals surface area contributed by atoms with Gasteiger partial charge in [0.05, 0.1) is 12.3 Å². The van der Waals surface area contributed by atoms with Crippen LogP contribution in [0.2, 0.25) is 0 Å². The molecule has 0 saturated carbocycles. The third kappa shape index (κ3) is 2.41. The Balaban J connectivity index is 2.41. The lowest BCUT2D eigenvalue weighted by atomic mass is 10.00. The van der Waals surface area contributed by atoms with Crippen LogP contribution in [-0.4, -0.2) is 47.2 Å². The second-order valence-electron chi connectivity index (χ2n) is 4.27. The number of hydrogen-bond acceptors (Lipinski definition) is 5. The first-order valence-corrected chi connectivity index (χ1v) is 5.79. The van der Waals surface area contributed by atoms with E-state index in [0.29, 0.717) is 5.56 Å². The molecule has 6 nitrogen and oxygen atoms in total. The van der Waals surface area contributed by atoms with E-state index in [1.807, 2.05) is 0 Å². The maximum Gasteiger partial charge on any atom is 0.248 e. The molecule has 2 unspecified atom stereocenters. The highest BCUT2D eigenvalue weighted by molar-refractivity contribution is 5.36. The molecule has 1 saturated heterocycles. The summed E-state index contributed by atoms with van der Waals surface area (Å²) in [5.41, 5.74) is 0.511. The Morgan fingerprint density at radius 1 is 1.58 bits per heavy atom. The standard InChI is InChI=1S/C13H15NO5/c1-3-8-7(4-5-10(16)14-8)12-13(18-2)11(17)9(6-15)19-12/h1,4-5,9,11-13,15,17H,6H2,2H3,(H,14,16)/t9-,11?,12+,13?/m1/s1. The second kappa shape index (κ2) is 5.55. The number of aliphatic hydroxyl groups is 2. The highest BCUT2D eigenvalue weighted by Gasteiger charge is 2.45. The third-order valence-corrected chi connectivity index (χ3v) is 3.19. The number of nitrogens with one attached hydrogen (secondary N) is 1. The minimum Gasteiger partial charge on any atom is -0.394 e. The van der Waals surface area contributed by atoms with Crippen LogP contribution >= 0.6 is 0 Å². The SMILES string of the molecule is C#Cc1[nH]c(=O)ccc1[C@@H]1O[C@H](CO)C(O)C1OC. The number of terminal acetylenes is 1. The number of hydrogen-bond donors (Lipinski definition) is 3. The third-order valence-electron chi connectivity index (χ3n) is 3.19. The minimum atomic E-state index is -0.961. The predicted octanol–water partition coefficient (Wildman–Crippen LogP) is -0.836. The number of aliphatic hydroxyl groups excluding tert-OH is 2. The van der Waals surface area contributed by atoms with Crippen molar-refractivity contribution in [2.24, 2.45) is 0 Å². The monoisotopic (exact) mass is 265 g/mol. The fraction of sp³-hybridized carbons (Fsp3) is 0.462. The van der Waals surface area contributed by atoms with Gasteiger partial charge >= 0.3 is 0 Å². The molecule has 3 N–H and O–H groups in total. The molecule has 1 aromatic rings. The maximum atomic E-state index is 11.2. The first-order chi connectivity index (χ1) is 9.12. The highest BCUT2D eigenvalue weighted by atomic mass is 16.6. The van der Waals surface area contributed by atoms with Gasteiger partial charge in [-0.3, -0.25) is 4.79 Å². The van der Waals surface area contributed by atoms with Gasteiger partial charge in [0.15, 0.2) is 0 Å². The lowest BCUT2D eigenvalue weighted by Gasteiger charge is -2.19. The Bertz CT molecular complexity index is 547. The lowest BCUT2D eigenvalue weighted by Crippen LogP contribution is -2.34. The molecule has 2 heterocycles. The van der Waals surface area contributed by atoms with Crippen molar-refractivity contribution in [3.63, 3.8) is 0 Å². The molecule has 1 aliphatic rings. The van der Waals surface area contributed by atoms with Gasteiger partial charge in [0.25, 0.3) is 0 Å². The molecule has 0 radical (unpaired) electrons. The van der Waals surface area contributed by atoms with Crippen LogP contribution in [0.5, 0.6) is 0 Å². The van der Waals surface area contributed by atoms with Gasteiger partial charge < -0.3 is 24.7 Å². The van der Waals surface area contributed by atoms with Gasteiger partial charge in [0.2, 0.25) is 5.56 Å². The van der Waals surface area contributed by atoms with Crippen molar-refractivity contribution < 1.29 is 19.7 Å². The maximum absolute atomic E-state index is 11.2. The van der Waals surface area contributed by atoms with Crippen LogP contribution < -0.4 is 5.56 Å². The summed E-state index contributed by atoms with van der Waals surface area (Å²) in [6.45, 7) is -0.327. The number of methoxy groups -OCH3 is 1. The molecule has 0 bridgehead atoms. The van der Waals surface area contributed by atoms with Gasteiger partial charge in [-0.2, -0.15) is 0 Å². The Morgan fingerprint density at radius 2 is 2.32 bits per heavy atom. The van der Waals surface area contributed by atoms with Crippen LogP contribution in [0.4, 0.5) is 0 Å². The van der Waals surface area contributed by atoms with E-state index in [2.05, 4.69) is 10.9 Å². The van der Waals surface area contributed by atoms with Crippen molar-refractivity contribution in [2.75, 3.05) is 13.7 Å².